The minimum atomic E-state index is -0.124. The van der Waals surface area contributed by atoms with Crippen LogP contribution >= 0.6 is 0 Å². The SMILES string of the molecule is COC(=O)[C@@H](c1ccccc1)[C@H]1CCCC[NH2+]1. The zero-order valence-electron chi connectivity index (χ0n) is 10.3. The van der Waals surface area contributed by atoms with Crippen molar-refractivity contribution in [1.29, 1.82) is 0 Å². The van der Waals surface area contributed by atoms with Crippen molar-refractivity contribution >= 4 is 5.97 Å². The van der Waals surface area contributed by atoms with Crippen molar-refractivity contribution in [2.24, 2.45) is 0 Å². The molecule has 2 N–H and O–H groups in total. The second-order valence-corrected chi connectivity index (χ2v) is 4.60. The molecule has 2 atom stereocenters. The maximum atomic E-state index is 12.0. The average Bonchev–Trinajstić information content (AvgIpc) is 2.41. The molecule has 2 rings (SSSR count). The molecule has 1 fully saturated rings. The summed E-state index contributed by atoms with van der Waals surface area (Å²) in [5.74, 6) is -0.235. The van der Waals surface area contributed by atoms with E-state index in [1.807, 2.05) is 30.3 Å². The van der Waals surface area contributed by atoms with Gasteiger partial charge in [-0.1, -0.05) is 30.3 Å². The van der Waals surface area contributed by atoms with Crippen molar-refractivity contribution in [3.05, 3.63) is 35.9 Å². The summed E-state index contributed by atoms with van der Waals surface area (Å²) in [5, 5.41) is 2.29. The van der Waals surface area contributed by atoms with Crippen molar-refractivity contribution in [2.45, 2.75) is 31.2 Å². The number of quaternary nitrogens is 1. The van der Waals surface area contributed by atoms with Crippen LogP contribution in [-0.4, -0.2) is 25.7 Å². The lowest BCUT2D eigenvalue weighted by atomic mass is 9.86. The predicted octanol–water partition coefficient (Wildman–Crippen LogP) is 1.06. The number of benzene rings is 1. The maximum absolute atomic E-state index is 12.0. The van der Waals surface area contributed by atoms with Gasteiger partial charge in [-0.25, -0.2) is 0 Å². The maximum Gasteiger partial charge on any atom is 0.319 e. The van der Waals surface area contributed by atoms with Gasteiger partial charge in [0.05, 0.1) is 13.7 Å². The third kappa shape index (κ3) is 2.86. The summed E-state index contributed by atoms with van der Waals surface area (Å²) < 4.78 is 4.96. The zero-order chi connectivity index (χ0) is 12.1. The van der Waals surface area contributed by atoms with Crippen LogP contribution in [0.1, 0.15) is 30.7 Å². The highest BCUT2D eigenvalue weighted by Gasteiger charge is 2.34. The van der Waals surface area contributed by atoms with E-state index in [1.165, 1.54) is 20.0 Å². The Morgan fingerprint density at radius 3 is 2.71 bits per heavy atom. The van der Waals surface area contributed by atoms with Gasteiger partial charge >= 0.3 is 5.97 Å². The Balaban J connectivity index is 2.21. The lowest BCUT2D eigenvalue weighted by molar-refractivity contribution is -0.698. The summed E-state index contributed by atoms with van der Waals surface area (Å²) >= 11 is 0. The molecule has 3 nitrogen and oxygen atoms in total. The van der Waals surface area contributed by atoms with E-state index in [-0.39, 0.29) is 11.9 Å². The quantitative estimate of drug-likeness (QED) is 0.795. The summed E-state index contributed by atoms with van der Waals surface area (Å²) in [6.07, 6.45) is 3.55. The van der Waals surface area contributed by atoms with Crippen LogP contribution in [0.3, 0.4) is 0 Å². The first-order chi connectivity index (χ1) is 8.33. The van der Waals surface area contributed by atoms with E-state index in [0.717, 1.165) is 18.5 Å². The minimum absolute atomic E-state index is 0.112. The molecule has 0 saturated carbocycles. The van der Waals surface area contributed by atoms with E-state index in [4.69, 9.17) is 4.74 Å². The summed E-state index contributed by atoms with van der Waals surface area (Å²) in [6.45, 7) is 1.12. The van der Waals surface area contributed by atoms with Gasteiger partial charge in [0.1, 0.15) is 12.0 Å². The van der Waals surface area contributed by atoms with Gasteiger partial charge in [0.15, 0.2) is 0 Å². The fourth-order valence-electron chi connectivity index (χ4n) is 2.62. The van der Waals surface area contributed by atoms with Gasteiger partial charge in [0.25, 0.3) is 0 Å². The molecule has 0 aromatic heterocycles. The van der Waals surface area contributed by atoms with Gasteiger partial charge < -0.3 is 10.1 Å². The summed E-state index contributed by atoms with van der Waals surface area (Å²) in [5.41, 5.74) is 1.07. The van der Waals surface area contributed by atoms with Crippen LogP contribution in [0.4, 0.5) is 0 Å². The van der Waals surface area contributed by atoms with Crippen LogP contribution in [-0.2, 0) is 9.53 Å². The lowest BCUT2D eigenvalue weighted by Crippen LogP contribution is -2.92. The molecule has 1 saturated heterocycles. The van der Waals surface area contributed by atoms with Crippen molar-refractivity contribution < 1.29 is 14.8 Å². The van der Waals surface area contributed by atoms with E-state index < -0.39 is 0 Å². The summed E-state index contributed by atoms with van der Waals surface area (Å²) in [6, 6.07) is 10.3. The fraction of sp³-hybridized carbons (Fsp3) is 0.500. The molecule has 17 heavy (non-hydrogen) atoms. The first kappa shape index (κ1) is 12.1. The van der Waals surface area contributed by atoms with Gasteiger partial charge in [0.2, 0.25) is 0 Å². The molecular formula is C14H20NO2+. The lowest BCUT2D eigenvalue weighted by Gasteiger charge is -2.26. The number of hydrogen-bond donors (Lipinski definition) is 1. The number of carbonyl (C=O) groups is 1. The molecule has 0 unspecified atom stereocenters. The van der Waals surface area contributed by atoms with Crippen molar-refractivity contribution in [1.82, 2.24) is 0 Å². The summed E-state index contributed by atoms with van der Waals surface area (Å²) in [7, 11) is 1.47. The molecule has 1 aromatic carbocycles. The number of carbonyl (C=O) groups excluding carboxylic acids is 1. The molecule has 3 heteroatoms. The fourth-order valence-corrected chi connectivity index (χ4v) is 2.62. The Hall–Kier alpha value is -1.35. The van der Waals surface area contributed by atoms with Crippen LogP contribution in [0.15, 0.2) is 30.3 Å². The molecule has 1 aliphatic heterocycles. The molecule has 1 aliphatic rings. The number of esters is 1. The number of hydrogen-bond acceptors (Lipinski definition) is 2. The number of rotatable bonds is 3. The molecule has 0 amide bonds. The number of piperidine rings is 1. The number of ether oxygens (including phenoxy) is 1. The van der Waals surface area contributed by atoms with Gasteiger partial charge in [-0.2, -0.15) is 0 Å². The Bertz CT molecular complexity index is 358. The van der Waals surface area contributed by atoms with Crippen LogP contribution in [0.5, 0.6) is 0 Å². The predicted molar refractivity (Wildman–Crippen MR) is 65.6 cm³/mol. The van der Waals surface area contributed by atoms with Crippen LogP contribution in [0.25, 0.3) is 0 Å². The molecule has 0 radical (unpaired) electrons. The van der Waals surface area contributed by atoms with E-state index in [2.05, 4.69) is 5.32 Å². The first-order valence-electron chi connectivity index (χ1n) is 6.29. The largest absolute Gasteiger partial charge is 0.468 e. The van der Waals surface area contributed by atoms with Crippen molar-refractivity contribution in [3.63, 3.8) is 0 Å². The van der Waals surface area contributed by atoms with Gasteiger partial charge in [0, 0.05) is 6.42 Å². The van der Waals surface area contributed by atoms with Crippen LogP contribution in [0, 0.1) is 0 Å². The van der Waals surface area contributed by atoms with Crippen molar-refractivity contribution in [3.8, 4) is 0 Å². The molecule has 0 spiro atoms. The second kappa shape index (κ2) is 5.82. The molecule has 0 bridgehead atoms. The number of nitrogens with two attached hydrogens (primary N) is 1. The Kier molecular flexibility index (Phi) is 4.15. The Morgan fingerprint density at radius 2 is 2.12 bits per heavy atom. The van der Waals surface area contributed by atoms with E-state index in [1.54, 1.807) is 0 Å². The Morgan fingerprint density at radius 1 is 1.35 bits per heavy atom. The van der Waals surface area contributed by atoms with Crippen LogP contribution < -0.4 is 5.32 Å². The van der Waals surface area contributed by atoms with E-state index >= 15 is 0 Å². The second-order valence-electron chi connectivity index (χ2n) is 4.60. The third-order valence-electron chi connectivity index (χ3n) is 3.50. The number of methoxy groups -OCH3 is 1. The van der Waals surface area contributed by atoms with Crippen molar-refractivity contribution in [2.75, 3.05) is 13.7 Å². The highest BCUT2D eigenvalue weighted by molar-refractivity contribution is 5.78. The van der Waals surface area contributed by atoms with Gasteiger partial charge in [-0.3, -0.25) is 4.79 Å². The summed E-state index contributed by atoms with van der Waals surface area (Å²) in [4.78, 5) is 12.0. The zero-order valence-corrected chi connectivity index (χ0v) is 10.3. The standard InChI is InChI=1S/C14H19NO2/c1-17-14(16)13(11-7-3-2-4-8-11)12-9-5-6-10-15-12/h2-4,7-8,12-13,15H,5-6,9-10H2,1H3/p+1/t12-,13+/m1/s1. The third-order valence-corrected chi connectivity index (χ3v) is 3.50. The minimum Gasteiger partial charge on any atom is -0.468 e. The Labute approximate surface area is 102 Å². The molecular weight excluding hydrogens is 214 g/mol. The van der Waals surface area contributed by atoms with Gasteiger partial charge in [-0.15, -0.1) is 0 Å². The highest BCUT2D eigenvalue weighted by atomic mass is 16.5. The molecule has 1 heterocycles. The molecule has 0 aliphatic carbocycles. The molecule has 1 aromatic rings. The first-order valence-corrected chi connectivity index (χ1v) is 6.29. The van der Waals surface area contributed by atoms with Crippen LogP contribution in [0.2, 0.25) is 0 Å². The van der Waals surface area contributed by atoms with Gasteiger partial charge in [-0.05, 0) is 18.4 Å². The topological polar surface area (TPSA) is 42.9 Å². The normalized spacial score (nSPS) is 21.8. The van der Waals surface area contributed by atoms with E-state index in [0.29, 0.717) is 6.04 Å². The smallest absolute Gasteiger partial charge is 0.319 e. The monoisotopic (exact) mass is 234 g/mol. The highest BCUT2D eigenvalue weighted by Crippen LogP contribution is 2.23. The molecule has 92 valence electrons. The van der Waals surface area contributed by atoms with E-state index in [9.17, 15) is 4.79 Å². The average molecular weight is 234 g/mol.